The van der Waals surface area contributed by atoms with Crippen LogP contribution in [0.4, 0.5) is 0 Å². The van der Waals surface area contributed by atoms with Crippen LogP contribution < -0.4 is 4.74 Å². The quantitative estimate of drug-likeness (QED) is 0.700. The number of fused-ring (bicyclic) bond motifs is 1. The summed E-state index contributed by atoms with van der Waals surface area (Å²) in [5, 5.41) is 17.2. The number of hydrogen-bond donors (Lipinski definition) is 1. The molecule has 1 aliphatic carbocycles. The molecule has 0 spiro atoms. The number of aryl methyl sites for hydroxylation is 2. The Kier molecular flexibility index (Phi) is 3.59. The second kappa shape index (κ2) is 5.41. The molecule has 1 aliphatic rings. The third kappa shape index (κ3) is 2.38. The molecule has 0 atom stereocenters. The van der Waals surface area contributed by atoms with Gasteiger partial charge in [-0.05, 0) is 25.8 Å². The Bertz CT molecular complexity index is 722. The predicted molar refractivity (Wildman–Crippen MR) is 80.4 cm³/mol. The predicted octanol–water partition coefficient (Wildman–Crippen LogP) is 3.09. The molecule has 0 saturated carbocycles. The van der Waals surface area contributed by atoms with Crippen LogP contribution in [0.2, 0.25) is 5.15 Å². The van der Waals surface area contributed by atoms with Gasteiger partial charge in [-0.15, -0.1) is 0 Å². The first-order chi connectivity index (χ1) is 10.1. The van der Waals surface area contributed by atoms with Gasteiger partial charge in [0.15, 0.2) is 0 Å². The number of aromatic nitrogens is 2. The van der Waals surface area contributed by atoms with E-state index in [2.05, 4.69) is 10.3 Å². The molecular formula is C15H16ClN3O2. The largest absolute Gasteiger partial charge is 0.488 e. The molecule has 1 heterocycles. The summed E-state index contributed by atoms with van der Waals surface area (Å²) >= 11 is 6.21. The van der Waals surface area contributed by atoms with Gasteiger partial charge in [-0.2, -0.15) is 5.10 Å². The number of benzene rings is 1. The van der Waals surface area contributed by atoms with Crippen LogP contribution in [0.25, 0.3) is 0 Å². The minimum Gasteiger partial charge on any atom is -0.488 e. The lowest BCUT2D eigenvalue weighted by atomic mass is 10.1. The van der Waals surface area contributed by atoms with Crippen molar-refractivity contribution in [3.63, 3.8) is 0 Å². The van der Waals surface area contributed by atoms with Gasteiger partial charge in [0.05, 0.1) is 11.4 Å². The Morgan fingerprint density at radius 1 is 1.43 bits per heavy atom. The van der Waals surface area contributed by atoms with Crippen LogP contribution in [0.5, 0.6) is 5.75 Å². The maximum absolute atomic E-state index is 9.01. The molecule has 0 aliphatic heterocycles. The fraction of sp³-hybridized carbons (Fsp3) is 0.333. The van der Waals surface area contributed by atoms with E-state index in [0.717, 1.165) is 41.0 Å². The molecule has 1 N–H and O–H groups in total. The normalized spacial score (nSPS) is 15.5. The van der Waals surface area contributed by atoms with E-state index in [1.807, 2.05) is 32.2 Å². The smallest absolute Gasteiger partial charge is 0.133 e. The van der Waals surface area contributed by atoms with Gasteiger partial charge in [0.2, 0.25) is 0 Å². The van der Waals surface area contributed by atoms with Gasteiger partial charge in [0.1, 0.15) is 17.5 Å². The maximum atomic E-state index is 9.01. The molecule has 0 fully saturated rings. The standard InChI is InChI=1S/C15H16ClN3O2/c1-9-12(15(16)19(2)17-9)8-21-14-5-3-4-10-11(14)6-7-13(10)18-20/h3-5,20H,6-8H2,1-2H3/b18-13+. The fourth-order valence-corrected chi connectivity index (χ4v) is 2.93. The molecule has 5 nitrogen and oxygen atoms in total. The summed E-state index contributed by atoms with van der Waals surface area (Å²) in [7, 11) is 1.81. The third-order valence-corrected chi connectivity index (χ3v) is 4.29. The van der Waals surface area contributed by atoms with Crippen LogP contribution in [0.3, 0.4) is 0 Å². The average molecular weight is 306 g/mol. The van der Waals surface area contributed by atoms with Crippen LogP contribution in [0, 0.1) is 6.92 Å². The third-order valence-electron chi connectivity index (χ3n) is 3.82. The number of ether oxygens (including phenoxy) is 1. The van der Waals surface area contributed by atoms with Crippen LogP contribution in [-0.2, 0) is 20.1 Å². The van der Waals surface area contributed by atoms with E-state index in [0.29, 0.717) is 17.5 Å². The Hall–Kier alpha value is -2.01. The van der Waals surface area contributed by atoms with Crippen LogP contribution in [0.15, 0.2) is 23.4 Å². The summed E-state index contributed by atoms with van der Waals surface area (Å²) in [5.74, 6) is 0.811. The lowest BCUT2D eigenvalue weighted by Crippen LogP contribution is -2.00. The lowest BCUT2D eigenvalue weighted by molar-refractivity contribution is 0.302. The van der Waals surface area contributed by atoms with Gasteiger partial charge in [0, 0.05) is 23.7 Å². The highest BCUT2D eigenvalue weighted by Crippen LogP contribution is 2.32. The molecule has 1 aromatic carbocycles. The SMILES string of the molecule is Cc1nn(C)c(Cl)c1COc1cccc2c1CC/C2=N\O. The van der Waals surface area contributed by atoms with Crippen molar-refractivity contribution < 1.29 is 9.94 Å². The monoisotopic (exact) mass is 305 g/mol. The van der Waals surface area contributed by atoms with E-state index in [1.54, 1.807) is 4.68 Å². The number of hydrogen-bond acceptors (Lipinski definition) is 4. The van der Waals surface area contributed by atoms with E-state index in [4.69, 9.17) is 21.5 Å². The van der Waals surface area contributed by atoms with Crippen molar-refractivity contribution in [2.24, 2.45) is 12.2 Å². The molecule has 0 radical (unpaired) electrons. The van der Waals surface area contributed by atoms with Crippen molar-refractivity contribution in [3.05, 3.63) is 45.7 Å². The summed E-state index contributed by atoms with van der Waals surface area (Å²) < 4.78 is 7.57. The topological polar surface area (TPSA) is 59.6 Å². The van der Waals surface area contributed by atoms with Crippen LogP contribution >= 0.6 is 11.6 Å². The molecule has 0 unspecified atom stereocenters. The van der Waals surface area contributed by atoms with Crippen molar-refractivity contribution in [1.29, 1.82) is 0 Å². The van der Waals surface area contributed by atoms with Crippen molar-refractivity contribution in [3.8, 4) is 5.75 Å². The van der Waals surface area contributed by atoms with Crippen molar-refractivity contribution in [2.45, 2.75) is 26.4 Å². The van der Waals surface area contributed by atoms with Crippen LogP contribution in [-0.4, -0.2) is 20.7 Å². The molecular weight excluding hydrogens is 290 g/mol. The number of rotatable bonds is 3. The fourth-order valence-electron chi connectivity index (χ4n) is 2.70. The first kappa shape index (κ1) is 13.9. The summed E-state index contributed by atoms with van der Waals surface area (Å²) in [4.78, 5) is 0. The first-order valence-corrected chi connectivity index (χ1v) is 7.13. The number of nitrogens with zero attached hydrogens (tertiary/aromatic N) is 3. The molecule has 2 aromatic rings. The van der Waals surface area contributed by atoms with Crippen molar-refractivity contribution >= 4 is 17.3 Å². The van der Waals surface area contributed by atoms with Gasteiger partial charge in [0.25, 0.3) is 0 Å². The Morgan fingerprint density at radius 3 is 2.90 bits per heavy atom. The minimum absolute atomic E-state index is 0.376. The summed E-state index contributed by atoms with van der Waals surface area (Å²) in [6.07, 6.45) is 1.56. The van der Waals surface area contributed by atoms with Crippen LogP contribution in [0.1, 0.15) is 28.8 Å². The highest BCUT2D eigenvalue weighted by molar-refractivity contribution is 6.30. The molecule has 3 rings (SSSR count). The van der Waals surface area contributed by atoms with E-state index < -0.39 is 0 Å². The van der Waals surface area contributed by atoms with Gasteiger partial charge < -0.3 is 9.94 Å². The second-order valence-electron chi connectivity index (χ2n) is 5.10. The number of oxime groups is 1. The van der Waals surface area contributed by atoms with E-state index >= 15 is 0 Å². The van der Waals surface area contributed by atoms with E-state index in [-0.39, 0.29) is 0 Å². The Labute approximate surface area is 127 Å². The summed E-state index contributed by atoms with van der Waals surface area (Å²) in [5.41, 5.74) is 4.52. The highest BCUT2D eigenvalue weighted by atomic mass is 35.5. The zero-order valence-corrected chi connectivity index (χ0v) is 12.7. The van der Waals surface area contributed by atoms with E-state index in [1.165, 1.54) is 0 Å². The van der Waals surface area contributed by atoms with Gasteiger partial charge in [-0.1, -0.05) is 28.9 Å². The van der Waals surface area contributed by atoms with Crippen molar-refractivity contribution in [2.75, 3.05) is 0 Å². The minimum atomic E-state index is 0.376. The summed E-state index contributed by atoms with van der Waals surface area (Å²) in [6, 6.07) is 5.79. The molecule has 110 valence electrons. The molecule has 0 bridgehead atoms. The lowest BCUT2D eigenvalue weighted by Gasteiger charge is -2.10. The maximum Gasteiger partial charge on any atom is 0.133 e. The van der Waals surface area contributed by atoms with Gasteiger partial charge in [-0.25, -0.2) is 0 Å². The molecule has 0 saturated heterocycles. The first-order valence-electron chi connectivity index (χ1n) is 6.75. The van der Waals surface area contributed by atoms with Crippen molar-refractivity contribution in [1.82, 2.24) is 9.78 Å². The Morgan fingerprint density at radius 2 is 2.24 bits per heavy atom. The molecule has 0 amide bonds. The molecule has 21 heavy (non-hydrogen) atoms. The van der Waals surface area contributed by atoms with Gasteiger partial charge >= 0.3 is 0 Å². The average Bonchev–Trinajstić information content (AvgIpc) is 3.00. The summed E-state index contributed by atoms with van der Waals surface area (Å²) in [6.45, 7) is 2.29. The van der Waals surface area contributed by atoms with E-state index in [9.17, 15) is 0 Å². The zero-order chi connectivity index (χ0) is 15.0. The second-order valence-corrected chi connectivity index (χ2v) is 5.45. The highest BCUT2D eigenvalue weighted by Gasteiger charge is 2.22. The van der Waals surface area contributed by atoms with Gasteiger partial charge in [-0.3, -0.25) is 4.68 Å². The number of halogens is 1. The molecule has 1 aromatic heterocycles. The molecule has 6 heteroatoms. The Balaban J connectivity index is 1.86. The zero-order valence-electron chi connectivity index (χ0n) is 11.9.